The zero-order chi connectivity index (χ0) is 75.8. The van der Waals surface area contributed by atoms with Crippen LogP contribution in [0.4, 0.5) is 15.3 Å². The van der Waals surface area contributed by atoms with Gasteiger partial charge >= 0.3 is 24.1 Å². The van der Waals surface area contributed by atoms with Crippen molar-refractivity contribution in [2.45, 2.75) is 234 Å². The number of carboxylic acids is 1. The maximum atomic E-state index is 14.4. The molecule has 0 spiro atoms. The lowest BCUT2D eigenvalue weighted by atomic mass is 9.89. The molecule has 0 unspecified atom stereocenters. The molecular formula is C72H113N11O18. The number of urea groups is 1. The highest BCUT2D eigenvalue weighted by Gasteiger charge is 2.41. The molecule has 0 saturated carbocycles. The smallest absolute Gasteiger partial charge is 0.410 e. The second kappa shape index (κ2) is 43.8. The Morgan fingerprint density at radius 2 is 1.28 bits per heavy atom. The van der Waals surface area contributed by atoms with E-state index in [0.29, 0.717) is 55.0 Å². The third-order valence-corrected chi connectivity index (χ3v) is 18.4. The highest BCUT2D eigenvalue weighted by Crippen LogP contribution is 2.27. The molecular weight excluding hydrogens is 1310 g/mol. The van der Waals surface area contributed by atoms with Crippen LogP contribution in [0.1, 0.15) is 177 Å². The summed E-state index contributed by atoms with van der Waals surface area (Å²) in [6, 6.07) is 9.48. The summed E-state index contributed by atoms with van der Waals surface area (Å²) in [5.41, 5.74) is 6.99. The van der Waals surface area contributed by atoms with Gasteiger partial charge in [0.05, 0.1) is 30.6 Å². The number of carbonyl (C=O) groups is 13. The van der Waals surface area contributed by atoms with Gasteiger partial charge in [-0.3, -0.25) is 48.1 Å². The number of likely N-dealkylation sites (N-methyl/N-ethyl adjacent to an activating group) is 2. The maximum absolute atomic E-state index is 14.4. The predicted octanol–water partition coefficient (Wildman–Crippen LogP) is 6.14. The third-order valence-electron chi connectivity index (χ3n) is 18.4. The molecule has 29 nitrogen and oxygen atoms in total. The molecule has 2 fully saturated rings. The molecule has 2 saturated heterocycles. The molecule has 2 aliphatic rings. The maximum Gasteiger partial charge on any atom is 0.410 e. The molecule has 2 aromatic rings. The van der Waals surface area contributed by atoms with Crippen LogP contribution in [0.3, 0.4) is 0 Å². The van der Waals surface area contributed by atoms with E-state index in [-0.39, 0.29) is 112 Å². The van der Waals surface area contributed by atoms with E-state index in [2.05, 4.69) is 31.9 Å². The molecule has 564 valence electrons. The quantitative estimate of drug-likeness (QED) is 0.0274. The van der Waals surface area contributed by atoms with Crippen LogP contribution in [0.2, 0.25) is 0 Å². The predicted molar refractivity (Wildman–Crippen MR) is 376 cm³/mol. The fourth-order valence-corrected chi connectivity index (χ4v) is 11.8. The van der Waals surface area contributed by atoms with Gasteiger partial charge in [-0.05, 0) is 99.3 Å². The van der Waals surface area contributed by atoms with Gasteiger partial charge in [0, 0.05) is 85.2 Å². The second-order valence-electron chi connectivity index (χ2n) is 27.2. The van der Waals surface area contributed by atoms with E-state index in [1.165, 1.54) is 19.1 Å². The largest absolute Gasteiger partial charge is 0.480 e. The minimum atomic E-state index is -1.11. The average molecular weight is 1420 g/mol. The summed E-state index contributed by atoms with van der Waals surface area (Å²) in [5.74, 6) is -7.24. The molecule has 0 aliphatic carbocycles. The molecule has 9 N–H and O–H groups in total. The number of aliphatic carboxylic acids is 1. The van der Waals surface area contributed by atoms with Gasteiger partial charge in [-0.1, -0.05) is 124 Å². The number of hydrogen-bond acceptors (Lipinski definition) is 17. The molecule has 2 heterocycles. The van der Waals surface area contributed by atoms with E-state index in [1.54, 1.807) is 84.9 Å². The number of unbranched alkanes of at least 4 members (excludes halogenated alkanes) is 3. The van der Waals surface area contributed by atoms with Crippen molar-refractivity contribution >= 4 is 82.9 Å². The van der Waals surface area contributed by atoms with Gasteiger partial charge in [-0.25, -0.2) is 19.2 Å². The first-order valence-corrected chi connectivity index (χ1v) is 35.2. The minimum Gasteiger partial charge on any atom is -0.480 e. The number of primary amides is 1. The lowest BCUT2D eigenvalue weighted by Gasteiger charge is -2.40. The molecule has 29 heteroatoms. The van der Waals surface area contributed by atoms with E-state index in [4.69, 9.17) is 24.8 Å². The fourth-order valence-electron chi connectivity index (χ4n) is 11.8. The first-order chi connectivity index (χ1) is 47.7. The second-order valence-corrected chi connectivity index (χ2v) is 27.2. The summed E-state index contributed by atoms with van der Waals surface area (Å²) in [6.07, 6.45) is 3.75. The topological polar surface area (TPSA) is 390 Å². The summed E-state index contributed by atoms with van der Waals surface area (Å²) in [7, 11) is 6.19. The molecule has 12 amide bonds. The van der Waals surface area contributed by atoms with Crippen molar-refractivity contribution in [1.82, 2.24) is 46.3 Å². The van der Waals surface area contributed by atoms with Crippen molar-refractivity contribution in [3.63, 3.8) is 0 Å². The van der Waals surface area contributed by atoms with Gasteiger partial charge in [0.15, 0.2) is 0 Å². The van der Waals surface area contributed by atoms with Crippen LogP contribution in [0.5, 0.6) is 0 Å². The van der Waals surface area contributed by atoms with Gasteiger partial charge < -0.3 is 71.6 Å². The first kappa shape index (κ1) is 86.5. The Kier molecular flexibility index (Phi) is 37.5. The minimum absolute atomic E-state index is 0.00230. The van der Waals surface area contributed by atoms with Gasteiger partial charge in [0.25, 0.3) is 11.8 Å². The number of likely N-dealkylation sites (tertiary alicyclic amines) is 1. The van der Waals surface area contributed by atoms with Crippen LogP contribution < -0.4 is 37.6 Å². The van der Waals surface area contributed by atoms with Gasteiger partial charge in [0.2, 0.25) is 41.4 Å². The molecule has 0 bridgehead atoms. The first-order valence-electron chi connectivity index (χ1n) is 35.2. The Morgan fingerprint density at radius 1 is 0.673 bits per heavy atom. The van der Waals surface area contributed by atoms with E-state index in [0.717, 1.165) is 18.4 Å². The van der Waals surface area contributed by atoms with E-state index in [9.17, 15) is 67.4 Å². The Hall–Kier alpha value is -8.73. The standard InChI is InChI=1S/C57H92N10O14.C15H21NO4/c1-13-37(8)51(42(79-12)32-46(71)66-31-19-20-38(66)9)64(10)55(76)49(35(4)5)63-54(75)50(36(6)7)65(11)57(78)80-33-39-24-26-40(27-25-39)60-52(73)41(21-18-30-59-56(58)77)61-53(74)48(34(2)3)62-43(68)22-16-14-15-17-23-47(72)81-67-44(69)28-29-45(67)70;1-10(11(2)20-3)14(17)16-13(15(18)19)9-12-7-5-4-6-8-12/h24-27,34-38,41-42,48-51H,13-23,28-33H2,1-12H3,(H,60,73)(H,61,74)(H,62,68)(H,63,75)(H3,58,59,77);4-8,10-11,13H,9H2,1-3H3,(H,16,17)(H,18,19)/t37-,38+,41-,42+,48-,49-,50-,51-;10-,11+,13+/m01/s1. The normalized spacial score (nSPS) is 16.6. The third kappa shape index (κ3) is 28.7. The number of rotatable bonds is 40. The lowest BCUT2D eigenvalue weighted by Crippen LogP contribution is -2.60. The van der Waals surface area contributed by atoms with Crippen molar-refractivity contribution in [3.8, 4) is 0 Å². The van der Waals surface area contributed by atoms with Crippen molar-refractivity contribution < 1.29 is 86.5 Å². The van der Waals surface area contributed by atoms with Gasteiger partial charge in [0.1, 0.15) is 36.8 Å². The van der Waals surface area contributed by atoms with E-state index in [1.807, 2.05) is 69.9 Å². The fraction of sp³-hybridized carbons (Fsp3) is 0.653. The van der Waals surface area contributed by atoms with E-state index < -0.39 is 114 Å². The van der Waals surface area contributed by atoms with Crippen LogP contribution in [-0.4, -0.2) is 198 Å². The number of nitrogens with two attached hydrogens (primary N) is 1. The molecule has 11 atom stereocenters. The summed E-state index contributed by atoms with van der Waals surface area (Å²) in [4.78, 5) is 176. The molecule has 0 radical (unpaired) electrons. The Balaban J connectivity index is 0.00000113. The monoisotopic (exact) mass is 1420 g/mol. The molecule has 0 aromatic heterocycles. The average Bonchev–Trinajstić information content (AvgIpc) is 1.78. The number of nitrogens with zero attached hydrogens (tertiary/aromatic N) is 4. The lowest BCUT2D eigenvalue weighted by molar-refractivity contribution is -0.197. The number of benzene rings is 2. The number of carboxylic acid groups (broad SMARTS) is 1. The van der Waals surface area contributed by atoms with Crippen LogP contribution in [0.25, 0.3) is 0 Å². The molecule has 2 aromatic carbocycles. The number of amides is 12. The Labute approximate surface area is 594 Å². The number of imide groups is 1. The van der Waals surface area contributed by atoms with Crippen LogP contribution >= 0.6 is 0 Å². The summed E-state index contributed by atoms with van der Waals surface area (Å²) < 4.78 is 16.7. The van der Waals surface area contributed by atoms with Crippen LogP contribution in [-0.2, 0) is 84.8 Å². The number of ether oxygens (including phenoxy) is 3. The number of hydrogen-bond donors (Lipinski definition) is 8. The summed E-state index contributed by atoms with van der Waals surface area (Å²) in [5, 5.41) is 26.0. The van der Waals surface area contributed by atoms with Crippen molar-refractivity contribution in [2.75, 3.05) is 46.7 Å². The number of anilines is 1. The van der Waals surface area contributed by atoms with Crippen molar-refractivity contribution in [1.29, 1.82) is 0 Å². The molecule has 4 rings (SSSR count). The van der Waals surface area contributed by atoms with Crippen molar-refractivity contribution in [2.24, 2.45) is 35.3 Å². The molecule has 2 aliphatic heterocycles. The number of methoxy groups -OCH3 is 2. The van der Waals surface area contributed by atoms with Gasteiger partial charge in [-0.15, -0.1) is 5.06 Å². The van der Waals surface area contributed by atoms with Gasteiger partial charge in [-0.2, -0.15) is 0 Å². The Morgan fingerprint density at radius 3 is 1.81 bits per heavy atom. The molecule has 101 heavy (non-hydrogen) atoms. The Bertz CT molecular complexity index is 3050. The van der Waals surface area contributed by atoms with Crippen LogP contribution in [0, 0.1) is 29.6 Å². The summed E-state index contributed by atoms with van der Waals surface area (Å²) in [6.45, 7) is 20.9. The number of nitrogens with one attached hydrogen (secondary N) is 6. The highest BCUT2D eigenvalue weighted by molar-refractivity contribution is 6.02. The van der Waals surface area contributed by atoms with E-state index >= 15 is 0 Å². The number of hydroxylamine groups is 2. The zero-order valence-corrected chi connectivity index (χ0v) is 61.8. The zero-order valence-electron chi connectivity index (χ0n) is 61.8. The summed E-state index contributed by atoms with van der Waals surface area (Å²) >= 11 is 0. The highest BCUT2D eigenvalue weighted by atomic mass is 16.7. The number of carbonyl (C=O) groups excluding carboxylic acids is 12. The SMILES string of the molecule is CC[C@H](C)[C@@H]([C@@H](CC(=O)N1CCC[C@H]1C)OC)N(C)C(=O)[C@@H](NC(=O)[C@H](C(C)C)N(C)C(=O)OCc1ccc(NC(=O)[C@H](CCCNC(N)=O)NC(=O)[C@@H](NC(=O)CCCCCCC(=O)ON2C(=O)CCC2=O)C(C)C)cc1)C(C)C.CO[C@@H](C)[C@@H](C)C(=O)N[C@@H](Cc1ccccc1)C(=O)O. The van der Waals surface area contributed by atoms with Crippen molar-refractivity contribution in [3.05, 3.63) is 65.7 Å². The van der Waals surface area contributed by atoms with Crippen LogP contribution in [0.15, 0.2) is 54.6 Å².